The van der Waals surface area contributed by atoms with Crippen molar-refractivity contribution in [3.63, 3.8) is 0 Å². The van der Waals surface area contributed by atoms with Crippen molar-refractivity contribution in [2.24, 2.45) is 0 Å². The smallest absolute Gasteiger partial charge is 0.418 e. The van der Waals surface area contributed by atoms with Crippen molar-refractivity contribution in [1.82, 2.24) is 9.97 Å². The third kappa shape index (κ3) is 9.55. The summed E-state index contributed by atoms with van der Waals surface area (Å²) in [4.78, 5) is 8.36. The molecule has 0 saturated heterocycles. The van der Waals surface area contributed by atoms with Crippen LogP contribution in [0.3, 0.4) is 0 Å². The van der Waals surface area contributed by atoms with Crippen LogP contribution in [0.2, 0.25) is 0 Å². The molecule has 0 N–H and O–H groups in total. The van der Waals surface area contributed by atoms with Gasteiger partial charge >= 0.3 is 48.1 Å². The zero-order chi connectivity index (χ0) is 21.4. The summed E-state index contributed by atoms with van der Waals surface area (Å²) in [5.74, 6) is 0. The maximum Gasteiger partial charge on any atom is 2.00 e. The van der Waals surface area contributed by atoms with Crippen LogP contribution in [0, 0.1) is 0 Å². The first kappa shape index (κ1) is 27.9. The van der Waals surface area contributed by atoms with E-state index in [-0.39, 0.29) is 40.8 Å². The summed E-state index contributed by atoms with van der Waals surface area (Å²) in [7, 11) is -6.00. The molecule has 0 saturated carbocycles. The van der Waals surface area contributed by atoms with E-state index in [1.165, 1.54) is 22.3 Å². The van der Waals surface area contributed by atoms with E-state index >= 15 is 0 Å². The molecule has 168 valence electrons. The third-order valence-corrected chi connectivity index (χ3v) is 4.31. The van der Waals surface area contributed by atoms with Crippen molar-refractivity contribution in [3.05, 3.63) is 109 Å². The van der Waals surface area contributed by atoms with E-state index in [4.69, 9.17) is 0 Å². The van der Waals surface area contributed by atoms with Crippen molar-refractivity contribution in [2.45, 2.75) is 6.42 Å². The minimum Gasteiger partial charge on any atom is -0.418 e. The average molecular weight is 622 g/mol. The normalized spacial score (nSPS) is 10.1. The van der Waals surface area contributed by atoms with E-state index < -0.39 is 7.25 Å². The Bertz CT molecular complexity index is 960. The number of pyridine rings is 2. The van der Waals surface area contributed by atoms with Gasteiger partial charge in [0.05, 0.1) is 0 Å². The quantitative estimate of drug-likeness (QED) is 0.187. The molecule has 0 aliphatic heterocycles. The van der Waals surface area contributed by atoms with Gasteiger partial charge in [-0.1, -0.05) is 60.7 Å². The second kappa shape index (κ2) is 13.4. The van der Waals surface area contributed by atoms with Crippen LogP contribution >= 0.6 is 0 Å². The molecule has 32 heavy (non-hydrogen) atoms. The summed E-state index contributed by atoms with van der Waals surface area (Å²) < 4.78 is 39.0. The molecule has 0 fully saturated rings. The zero-order valence-electron chi connectivity index (χ0n) is 16.6. The SMILES string of the molecule is F[B-](F)(F)F.[Pd+2].[Pd+2].c1cncc(-c2ccc(Cc3ccc(-c4cccnc4)cc3)cc2)c1. The summed E-state index contributed by atoms with van der Waals surface area (Å²) >= 11 is 0. The van der Waals surface area contributed by atoms with E-state index in [0.717, 1.165) is 17.5 Å². The van der Waals surface area contributed by atoms with Gasteiger partial charge in [-0.25, -0.2) is 0 Å². The van der Waals surface area contributed by atoms with Crippen molar-refractivity contribution in [3.8, 4) is 22.3 Å². The van der Waals surface area contributed by atoms with Crippen LogP contribution in [-0.4, -0.2) is 17.2 Å². The molecule has 0 unspecified atom stereocenters. The topological polar surface area (TPSA) is 25.8 Å². The van der Waals surface area contributed by atoms with Crippen LogP contribution in [0.1, 0.15) is 11.1 Å². The molecule has 2 aromatic carbocycles. The van der Waals surface area contributed by atoms with Crippen LogP contribution in [0.15, 0.2) is 97.6 Å². The van der Waals surface area contributed by atoms with E-state index in [0.29, 0.717) is 0 Å². The maximum absolute atomic E-state index is 9.75. The van der Waals surface area contributed by atoms with Gasteiger partial charge < -0.3 is 17.3 Å². The molecular weight excluding hydrogens is 604 g/mol. The van der Waals surface area contributed by atoms with E-state index in [2.05, 4.69) is 70.6 Å². The van der Waals surface area contributed by atoms with Crippen molar-refractivity contribution in [1.29, 1.82) is 0 Å². The molecule has 4 aromatic rings. The Hall–Kier alpha value is -2.15. The van der Waals surface area contributed by atoms with Gasteiger partial charge in [0.1, 0.15) is 0 Å². The summed E-state index contributed by atoms with van der Waals surface area (Å²) in [6.07, 6.45) is 8.32. The molecule has 0 aliphatic carbocycles. The van der Waals surface area contributed by atoms with Crippen LogP contribution in [0.25, 0.3) is 22.3 Å². The van der Waals surface area contributed by atoms with E-state index in [9.17, 15) is 17.3 Å². The Labute approximate surface area is 211 Å². The molecule has 0 atom stereocenters. The van der Waals surface area contributed by atoms with Gasteiger partial charge in [-0.3, -0.25) is 9.97 Å². The first-order valence-electron chi connectivity index (χ1n) is 9.24. The molecule has 0 aliphatic rings. The van der Waals surface area contributed by atoms with Crippen molar-refractivity contribution in [2.75, 3.05) is 0 Å². The van der Waals surface area contributed by atoms with Gasteiger partial charge in [-0.2, -0.15) is 0 Å². The van der Waals surface area contributed by atoms with Gasteiger partial charge in [-0.05, 0) is 51.9 Å². The number of rotatable bonds is 4. The summed E-state index contributed by atoms with van der Waals surface area (Å²) in [6, 6.07) is 25.5. The second-order valence-electron chi connectivity index (χ2n) is 6.55. The summed E-state index contributed by atoms with van der Waals surface area (Å²) in [5.41, 5.74) is 7.31. The molecular formula is C23H18BF4N2Pd2+3. The summed E-state index contributed by atoms with van der Waals surface area (Å²) in [6.45, 7) is 0. The largest absolute Gasteiger partial charge is 2.00 e. The van der Waals surface area contributed by atoms with Gasteiger partial charge in [0.25, 0.3) is 0 Å². The first-order valence-corrected chi connectivity index (χ1v) is 9.24. The van der Waals surface area contributed by atoms with Gasteiger partial charge in [0.2, 0.25) is 0 Å². The monoisotopic (exact) mass is 621 g/mol. The molecule has 9 heteroatoms. The minimum absolute atomic E-state index is 0. The molecule has 2 aromatic heterocycles. The number of hydrogen-bond acceptors (Lipinski definition) is 2. The van der Waals surface area contributed by atoms with Gasteiger partial charge in [0, 0.05) is 24.8 Å². The standard InChI is InChI=1S/C23H18N2.BF4.2Pd/c1-3-22(16-24-13-1)20-9-5-18(6-10-20)15-19-7-11-21(12-8-19)23-4-2-14-25-17-23;2-1(3,4)5;;/h1-14,16-17H,15H2;;;/q;-1;2*+2. The van der Waals surface area contributed by atoms with Crippen LogP contribution in [0.5, 0.6) is 0 Å². The Morgan fingerprint density at radius 2 is 0.875 bits per heavy atom. The molecule has 4 rings (SSSR count). The van der Waals surface area contributed by atoms with Crippen molar-refractivity contribution >= 4 is 7.25 Å². The third-order valence-electron chi connectivity index (χ3n) is 4.31. The Balaban J connectivity index is 0.000000664. The van der Waals surface area contributed by atoms with Crippen LogP contribution in [0.4, 0.5) is 17.3 Å². The second-order valence-corrected chi connectivity index (χ2v) is 6.55. The van der Waals surface area contributed by atoms with Gasteiger partial charge in [-0.15, -0.1) is 0 Å². The van der Waals surface area contributed by atoms with E-state index in [1.54, 1.807) is 12.4 Å². The number of nitrogens with zero attached hydrogens (tertiary/aromatic N) is 2. The molecule has 2 nitrogen and oxygen atoms in total. The zero-order valence-corrected chi connectivity index (χ0v) is 19.7. The first-order chi connectivity index (χ1) is 14.4. The molecule has 0 spiro atoms. The fraction of sp³-hybridized carbons (Fsp3) is 0.0435. The fourth-order valence-corrected chi connectivity index (χ4v) is 2.93. The van der Waals surface area contributed by atoms with Crippen molar-refractivity contribution < 1.29 is 58.1 Å². The van der Waals surface area contributed by atoms with E-state index in [1.807, 2.05) is 24.5 Å². The Morgan fingerprint density at radius 3 is 1.16 bits per heavy atom. The molecule has 2 heterocycles. The van der Waals surface area contributed by atoms with Gasteiger partial charge in [0.15, 0.2) is 0 Å². The summed E-state index contributed by atoms with van der Waals surface area (Å²) in [5, 5.41) is 0. The predicted octanol–water partition coefficient (Wildman–Crippen LogP) is 6.70. The predicted molar refractivity (Wildman–Crippen MR) is 112 cm³/mol. The molecule has 0 bridgehead atoms. The average Bonchev–Trinajstić information content (AvgIpc) is 2.75. The fourth-order valence-electron chi connectivity index (χ4n) is 2.93. The number of hydrogen-bond donors (Lipinski definition) is 0. The number of benzene rings is 2. The number of halogens is 4. The molecule has 0 amide bonds. The minimum atomic E-state index is -6.00. The Kier molecular flexibility index (Phi) is 11.7. The molecule has 0 radical (unpaired) electrons. The maximum atomic E-state index is 9.75. The van der Waals surface area contributed by atoms with Crippen LogP contribution in [-0.2, 0) is 47.3 Å². The van der Waals surface area contributed by atoms with Crippen LogP contribution < -0.4 is 0 Å². The Morgan fingerprint density at radius 1 is 0.531 bits per heavy atom. The number of aromatic nitrogens is 2.